The fourth-order valence-electron chi connectivity index (χ4n) is 1.64. The zero-order valence-electron chi connectivity index (χ0n) is 7.97. The Morgan fingerprint density at radius 2 is 2.08 bits per heavy atom. The van der Waals surface area contributed by atoms with Gasteiger partial charge < -0.3 is 10.2 Å². The van der Waals surface area contributed by atoms with Crippen LogP contribution in [-0.4, -0.2) is 37.5 Å². The van der Waals surface area contributed by atoms with Crippen LogP contribution in [0.15, 0.2) is 0 Å². The highest BCUT2D eigenvalue weighted by molar-refractivity contribution is 5.78. The highest BCUT2D eigenvalue weighted by Crippen LogP contribution is 2.11. The van der Waals surface area contributed by atoms with Crippen LogP contribution in [-0.2, 0) is 4.79 Å². The molecule has 1 aliphatic heterocycles. The minimum absolute atomic E-state index is 0.132. The van der Waals surface area contributed by atoms with E-state index in [2.05, 4.69) is 5.32 Å². The van der Waals surface area contributed by atoms with Gasteiger partial charge in [0, 0.05) is 25.6 Å². The van der Waals surface area contributed by atoms with Crippen LogP contribution in [0.25, 0.3) is 0 Å². The second-order valence-electron chi connectivity index (χ2n) is 3.49. The first kappa shape index (κ1) is 9.52. The first-order valence-electron chi connectivity index (χ1n) is 4.69. The fraction of sp³-hybridized carbons (Fsp3) is 0.889. The lowest BCUT2D eigenvalue weighted by Crippen LogP contribution is -2.36. The number of rotatable bonds is 3. The summed E-state index contributed by atoms with van der Waals surface area (Å²) in [6.07, 6.45) is 2.36. The van der Waals surface area contributed by atoms with Crippen molar-refractivity contribution in [2.45, 2.75) is 19.8 Å². The highest BCUT2D eigenvalue weighted by atomic mass is 16.2. The Labute approximate surface area is 74.1 Å². The molecule has 1 rings (SSSR count). The fourth-order valence-corrected chi connectivity index (χ4v) is 1.64. The maximum absolute atomic E-state index is 11.6. The zero-order chi connectivity index (χ0) is 8.97. The van der Waals surface area contributed by atoms with E-state index in [1.807, 2.05) is 18.9 Å². The summed E-state index contributed by atoms with van der Waals surface area (Å²) in [5.74, 6) is 0.440. The van der Waals surface area contributed by atoms with E-state index >= 15 is 0 Å². The molecule has 0 bridgehead atoms. The summed E-state index contributed by atoms with van der Waals surface area (Å²) >= 11 is 0. The molecule has 0 aromatic heterocycles. The Morgan fingerprint density at radius 3 is 2.58 bits per heavy atom. The van der Waals surface area contributed by atoms with Crippen LogP contribution in [0.4, 0.5) is 0 Å². The third-order valence-electron chi connectivity index (χ3n) is 2.35. The molecule has 0 spiro atoms. The Bertz CT molecular complexity index is 153. The predicted molar refractivity (Wildman–Crippen MR) is 48.9 cm³/mol. The summed E-state index contributed by atoms with van der Waals surface area (Å²) in [5.41, 5.74) is 0. The summed E-state index contributed by atoms with van der Waals surface area (Å²) in [5, 5.41) is 3.02. The van der Waals surface area contributed by atoms with Gasteiger partial charge in [0.15, 0.2) is 0 Å². The molecule has 3 nitrogen and oxygen atoms in total. The van der Waals surface area contributed by atoms with E-state index in [0.29, 0.717) is 5.91 Å². The normalized spacial score (nSPS) is 19.7. The van der Waals surface area contributed by atoms with Crippen molar-refractivity contribution in [2.24, 2.45) is 5.92 Å². The number of hydrogen-bond acceptors (Lipinski definition) is 2. The van der Waals surface area contributed by atoms with Crippen molar-refractivity contribution in [1.82, 2.24) is 10.2 Å². The van der Waals surface area contributed by atoms with Gasteiger partial charge in [-0.25, -0.2) is 0 Å². The second kappa shape index (κ2) is 4.45. The topological polar surface area (TPSA) is 32.3 Å². The van der Waals surface area contributed by atoms with Crippen LogP contribution in [0.1, 0.15) is 19.8 Å². The average molecular weight is 170 g/mol. The molecule has 1 aliphatic rings. The van der Waals surface area contributed by atoms with Crippen LogP contribution in [0.3, 0.4) is 0 Å². The minimum Gasteiger partial charge on any atom is -0.342 e. The second-order valence-corrected chi connectivity index (χ2v) is 3.49. The van der Waals surface area contributed by atoms with E-state index in [9.17, 15) is 4.79 Å². The van der Waals surface area contributed by atoms with Gasteiger partial charge in [0.05, 0.1) is 0 Å². The van der Waals surface area contributed by atoms with Crippen molar-refractivity contribution in [3.63, 3.8) is 0 Å². The molecule has 70 valence electrons. The van der Waals surface area contributed by atoms with E-state index in [0.717, 1.165) is 19.6 Å². The molecule has 1 heterocycles. The van der Waals surface area contributed by atoms with E-state index in [-0.39, 0.29) is 5.92 Å². The Kier molecular flexibility index (Phi) is 3.53. The third kappa shape index (κ3) is 2.21. The lowest BCUT2D eigenvalue weighted by molar-refractivity contribution is -0.133. The van der Waals surface area contributed by atoms with Gasteiger partial charge in [-0.05, 0) is 19.9 Å². The number of nitrogens with one attached hydrogen (secondary N) is 1. The van der Waals surface area contributed by atoms with Gasteiger partial charge >= 0.3 is 0 Å². The van der Waals surface area contributed by atoms with Crippen molar-refractivity contribution in [2.75, 3.05) is 26.7 Å². The van der Waals surface area contributed by atoms with Crippen LogP contribution < -0.4 is 5.32 Å². The Hall–Kier alpha value is -0.570. The van der Waals surface area contributed by atoms with Gasteiger partial charge in [-0.1, -0.05) is 6.92 Å². The quantitative estimate of drug-likeness (QED) is 0.667. The number of hydrogen-bond donors (Lipinski definition) is 1. The van der Waals surface area contributed by atoms with E-state index in [4.69, 9.17) is 0 Å². The monoisotopic (exact) mass is 170 g/mol. The number of carbonyl (C=O) groups excluding carboxylic acids is 1. The van der Waals surface area contributed by atoms with Crippen molar-refractivity contribution >= 4 is 5.91 Å². The van der Waals surface area contributed by atoms with Gasteiger partial charge in [-0.15, -0.1) is 0 Å². The summed E-state index contributed by atoms with van der Waals surface area (Å²) < 4.78 is 0. The SMILES string of the molecule is CNCC(C)C(=O)N1CCCC1. The Balaban J connectivity index is 2.34. The van der Waals surface area contributed by atoms with E-state index in [1.165, 1.54) is 12.8 Å². The average Bonchev–Trinajstić information content (AvgIpc) is 2.55. The Morgan fingerprint density at radius 1 is 1.50 bits per heavy atom. The highest BCUT2D eigenvalue weighted by Gasteiger charge is 2.22. The largest absolute Gasteiger partial charge is 0.342 e. The van der Waals surface area contributed by atoms with Crippen molar-refractivity contribution < 1.29 is 4.79 Å². The molecule has 1 unspecified atom stereocenters. The van der Waals surface area contributed by atoms with Gasteiger partial charge in [0.1, 0.15) is 0 Å². The molecule has 0 radical (unpaired) electrons. The predicted octanol–water partition coefficient (Wildman–Crippen LogP) is 0.464. The summed E-state index contributed by atoms with van der Waals surface area (Å²) in [6, 6.07) is 0. The first-order valence-corrected chi connectivity index (χ1v) is 4.69. The molecular formula is C9H18N2O. The third-order valence-corrected chi connectivity index (χ3v) is 2.35. The molecule has 1 saturated heterocycles. The molecule has 3 heteroatoms. The van der Waals surface area contributed by atoms with E-state index in [1.54, 1.807) is 0 Å². The molecule has 12 heavy (non-hydrogen) atoms. The summed E-state index contributed by atoms with van der Waals surface area (Å²) in [4.78, 5) is 13.6. The molecule has 1 fully saturated rings. The minimum atomic E-state index is 0.132. The smallest absolute Gasteiger partial charge is 0.226 e. The van der Waals surface area contributed by atoms with Crippen molar-refractivity contribution in [3.8, 4) is 0 Å². The summed E-state index contributed by atoms with van der Waals surface area (Å²) in [6.45, 7) is 4.70. The molecular weight excluding hydrogens is 152 g/mol. The molecule has 0 aliphatic carbocycles. The lowest BCUT2D eigenvalue weighted by Gasteiger charge is -2.19. The molecule has 0 saturated carbocycles. The first-order chi connectivity index (χ1) is 5.75. The van der Waals surface area contributed by atoms with Crippen LogP contribution in [0.5, 0.6) is 0 Å². The maximum Gasteiger partial charge on any atom is 0.226 e. The molecule has 1 atom stereocenters. The van der Waals surface area contributed by atoms with E-state index < -0.39 is 0 Å². The summed E-state index contributed by atoms with van der Waals surface area (Å²) in [7, 11) is 1.88. The van der Waals surface area contributed by atoms with Crippen molar-refractivity contribution in [3.05, 3.63) is 0 Å². The molecule has 1 N–H and O–H groups in total. The van der Waals surface area contributed by atoms with Gasteiger partial charge in [-0.3, -0.25) is 4.79 Å². The molecule has 1 amide bonds. The van der Waals surface area contributed by atoms with Crippen LogP contribution >= 0.6 is 0 Å². The van der Waals surface area contributed by atoms with Gasteiger partial charge in [0.2, 0.25) is 5.91 Å². The van der Waals surface area contributed by atoms with Gasteiger partial charge in [-0.2, -0.15) is 0 Å². The number of carbonyl (C=O) groups is 1. The number of likely N-dealkylation sites (tertiary alicyclic amines) is 1. The standard InChI is InChI=1S/C9H18N2O/c1-8(7-10-2)9(12)11-5-3-4-6-11/h8,10H,3-7H2,1-2H3. The van der Waals surface area contributed by atoms with Crippen LogP contribution in [0.2, 0.25) is 0 Å². The lowest BCUT2D eigenvalue weighted by atomic mass is 10.1. The van der Waals surface area contributed by atoms with Crippen LogP contribution in [0, 0.1) is 5.92 Å². The van der Waals surface area contributed by atoms with Gasteiger partial charge in [0.25, 0.3) is 0 Å². The zero-order valence-corrected chi connectivity index (χ0v) is 7.97. The number of amides is 1. The molecule has 0 aromatic rings. The molecule has 0 aromatic carbocycles. The maximum atomic E-state index is 11.6. The number of nitrogens with zero attached hydrogens (tertiary/aromatic N) is 1. The van der Waals surface area contributed by atoms with Crippen molar-refractivity contribution in [1.29, 1.82) is 0 Å².